The van der Waals surface area contributed by atoms with Crippen molar-refractivity contribution in [1.82, 2.24) is 4.98 Å². The number of carbonyl (C=O) groups excluding carboxylic acids is 1. The van der Waals surface area contributed by atoms with Gasteiger partial charge in [-0.3, -0.25) is 5.32 Å². The van der Waals surface area contributed by atoms with Crippen LogP contribution in [0.4, 0.5) is 28.0 Å². The standard InChI is InChI=1S/C18H13Cl3F4N2O2/c19-17(20,21)8-29-16(28)27-14-11-5-2-6-12(11)26-15(18(23,24)25)13(14)9-3-1-4-10(22)7-9/h1,3-4,7H,2,5-6,8H2,(H,26,27,28). The third kappa shape index (κ3) is 5.24. The Morgan fingerprint density at radius 3 is 2.55 bits per heavy atom. The fraction of sp³-hybridized carbons (Fsp3) is 0.333. The van der Waals surface area contributed by atoms with Crippen molar-refractivity contribution in [3.8, 4) is 11.1 Å². The minimum atomic E-state index is -4.84. The zero-order valence-electron chi connectivity index (χ0n) is 14.5. The number of pyridine rings is 1. The van der Waals surface area contributed by atoms with E-state index in [9.17, 15) is 22.4 Å². The summed E-state index contributed by atoms with van der Waals surface area (Å²) in [7, 11) is 0. The van der Waals surface area contributed by atoms with E-state index < -0.39 is 39.7 Å². The average Bonchev–Trinajstić information content (AvgIpc) is 3.07. The highest BCUT2D eigenvalue weighted by Gasteiger charge is 2.40. The van der Waals surface area contributed by atoms with Crippen LogP contribution >= 0.6 is 34.8 Å². The first-order valence-electron chi connectivity index (χ1n) is 8.35. The van der Waals surface area contributed by atoms with E-state index in [2.05, 4.69) is 10.3 Å². The molecule has 0 saturated carbocycles. The second kappa shape index (κ2) is 8.16. The summed E-state index contributed by atoms with van der Waals surface area (Å²) in [5.74, 6) is -0.735. The summed E-state index contributed by atoms with van der Waals surface area (Å²) < 4.78 is 58.0. The molecule has 1 N–H and O–H groups in total. The van der Waals surface area contributed by atoms with E-state index in [1.54, 1.807) is 0 Å². The molecule has 0 aliphatic heterocycles. The first kappa shape index (κ1) is 21.9. The van der Waals surface area contributed by atoms with Crippen LogP contribution in [0, 0.1) is 5.82 Å². The minimum absolute atomic E-state index is 0.0869. The number of carbonyl (C=O) groups is 1. The van der Waals surface area contributed by atoms with Crippen LogP contribution in [0.5, 0.6) is 0 Å². The monoisotopic (exact) mass is 470 g/mol. The molecule has 0 radical (unpaired) electrons. The van der Waals surface area contributed by atoms with Gasteiger partial charge < -0.3 is 4.74 Å². The number of fused-ring (bicyclic) bond motifs is 1. The minimum Gasteiger partial charge on any atom is -0.445 e. The number of aromatic nitrogens is 1. The third-order valence-corrected chi connectivity index (χ3v) is 4.53. The average molecular weight is 472 g/mol. The summed E-state index contributed by atoms with van der Waals surface area (Å²) in [6, 6.07) is 4.60. The summed E-state index contributed by atoms with van der Waals surface area (Å²) in [6.07, 6.45) is -4.67. The topological polar surface area (TPSA) is 51.2 Å². The lowest BCUT2D eigenvalue weighted by molar-refractivity contribution is -0.140. The first-order chi connectivity index (χ1) is 13.5. The molecule has 0 unspecified atom stereocenters. The fourth-order valence-electron chi connectivity index (χ4n) is 3.13. The number of benzene rings is 1. The van der Waals surface area contributed by atoms with Crippen molar-refractivity contribution >= 4 is 46.6 Å². The normalized spacial score (nSPS) is 13.9. The Morgan fingerprint density at radius 1 is 1.21 bits per heavy atom. The van der Waals surface area contributed by atoms with Gasteiger partial charge in [-0.25, -0.2) is 14.2 Å². The van der Waals surface area contributed by atoms with E-state index in [4.69, 9.17) is 39.5 Å². The highest BCUT2D eigenvalue weighted by atomic mass is 35.6. The molecule has 29 heavy (non-hydrogen) atoms. The number of halogens is 7. The molecule has 156 valence electrons. The largest absolute Gasteiger partial charge is 0.445 e. The number of amides is 1. The van der Waals surface area contributed by atoms with Gasteiger partial charge in [0.05, 0.1) is 5.69 Å². The van der Waals surface area contributed by atoms with E-state index in [1.807, 2.05) is 0 Å². The van der Waals surface area contributed by atoms with Crippen LogP contribution in [0.3, 0.4) is 0 Å². The highest BCUT2D eigenvalue weighted by molar-refractivity contribution is 6.67. The molecule has 11 heteroatoms. The van der Waals surface area contributed by atoms with Crippen LogP contribution < -0.4 is 5.32 Å². The van der Waals surface area contributed by atoms with E-state index in [0.29, 0.717) is 24.8 Å². The predicted octanol–water partition coefficient (Wildman–Crippen LogP) is 6.31. The maximum Gasteiger partial charge on any atom is 0.434 e. The van der Waals surface area contributed by atoms with E-state index in [0.717, 1.165) is 12.1 Å². The van der Waals surface area contributed by atoms with Gasteiger partial charge in [0.1, 0.15) is 12.4 Å². The van der Waals surface area contributed by atoms with Gasteiger partial charge in [0.2, 0.25) is 3.79 Å². The Kier molecular flexibility index (Phi) is 6.17. The van der Waals surface area contributed by atoms with Gasteiger partial charge in [-0.2, -0.15) is 13.2 Å². The molecule has 1 aromatic carbocycles. The predicted molar refractivity (Wildman–Crippen MR) is 102 cm³/mol. The molecule has 0 atom stereocenters. The molecule has 2 aromatic rings. The second-order valence-corrected chi connectivity index (χ2v) is 8.83. The number of nitrogens with one attached hydrogen (secondary N) is 1. The molecule has 4 nitrogen and oxygen atoms in total. The quantitative estimate of drug-likeness (QED) is 0.421. The van der Waals surface area contributed by atoms with E-state index in [-0.39, 0.29) is 16.9 Å². The summed E-state index contributed by atoms with van der Waals surface area (Å²) in [5.41, 5.74) is -1.24. The smallest absolute Gasteiger partial charge is 0.434 e. The molecule has 0 bridgehead atoms. The summed E-state index contributed by atoms with van der Waals surface area (Å²) >= 11 is 16.6. The number of nitrogens with zero attached hydrogens (tertiary/aromatic N) is 1. The van der Waals surface area contributed by atoms with Gasteiger partial charge in [-0.05, 0) is 42.5 Å². The van der Waals surface area contributed by atoms with Crippen molar-refractivity contribution < 1.29 is 27.1 Å². The summed E-state index contributed by atoms with van der Waals surface area (Å²) in [4.78, 5) is 16.0. The van der Waals surface area contributed by atoms with Crippen LogP contribution in [0.2, 0.25) is 0 Å². The molecule has 1 aromatic heterocycles. The molecule has 3 rings (SSSR count). The number of hydrogen-bond donors (Lipinski definition) is 1. The lowest BCUT2D eigenvalue weighted by atomic mass is 9.97. The highest BCUT2D eigenvalue weighted by Crippen LogP contribution is 2.44. The van der Waals surface area contributed by atoms with Crippen molar-refractivity contribution in [2.45, 2.75) is 29.2 Å². The van der Waals surface area contributed by atoms with Crippen molar-refractivity contribution in [3.63, 3.8) is 0 Å². The Labute approximate surface area is 178 Å². The number of anilines is 1. The van der Waals surface area contributed by atoms with Gasteiger partial charge in [0.25, 0.3) is 0 Å². The van der Waals surface area contributed by atoms with Gasteiger partial charge in [0, 0.05) is 11.3 Å². The van der Waals surface area contributed by atoms with Gasteiger partial charge >= 0.3 is 12.3 Å². The Balaban J connectivity index is 2.15. The fourth-order valence-corrected chi connectivity index (χ4v) is 3.30. The van der Waals surface area contributed by atoms with Crippen LogP contribution in [-0.2, 0) is 23.8 Å². The first-order valence-corrected chi connectivity index (χ1v) is 9.48. The molecule has 1 aliphatic carbocycles. The van der Waals surface area contributed by atoms with Crippen molar-refractivity contribution in [2.24, 2.45) is 0 Å². The van der Waals surface area contributed by atoms with Gasteiger partial charge in [-0.15, -0.1) is 0 Å². The zero-order valence-corrected chi connectivity index (χ0v) is 16.8. The number of alkyl halides is 6. The van der Waals surface area contributed by atoms with Crippen molar-refractivity contribution in [3.05, 3.63) is 47.0 Å². The molecule has 0 fully saturated rings. The second-order valence-electron chi connectivity index (χ2n) is 6.31. The SMILES string of the molecule is O=C(Nc1c2c(nc(C(F)(F)F)c1-c1cccc(F)c1)CCC2)OCC(Cl)(Cl)Cl. The van der Waals surface area contributed by atoms with Crippen LogP contribution in [0.15, 0.2) is 24.3 Å². The summed E-state index contributed by atoms with van der Waals surface area (Å²) in [6.45, 7) is -0.613. The number of hydrogen-bond acceptors (Lipinski definition) is 3. The maximum atomic E-state index is 13.8. The maximum absolute atomic E-state index is 13.8. The van der Waals surface area contributed by atoms with Crippen LogP contribution in [0.25, 0.3) is 11.1 Å². The third-order valence-electron chi connectivity index (χ3n) is 4.20. The molecule has 0 saturated heterocycles. The lowest BCUT2D eigenvalue weighted by Crippen LogP contribution is -2.23. The van der Waals surface area contributed by atoms with Gasteiger partial charge in [0.15, 0.2) is 5.69 Å². The number of aryl methyl sites for hydroxylation is 1. The van der Waals surface area contributed by atoms with Crippen molar-refractivity contribution in [2.75, 3.05) is 11.9 Å². The number of rotatable bonds is 3. The molecule has 1 aliphatic rings. The molecular weight excluding hydrogens is 459 g/mol. The molecule has 1 heterocycles. The molecular formula is C18H13Cl3F4N2O2. The number of ether oxygens (including phenoxy) is 1. The Bertz CT molecular complexity index is 946. The van der Waals surface area contributed by atoms with E-state index in [1.165, 1.54) is 12.1 Å². The lowest BCUT2D eigenvalue weighted by Gasteiger charge is -2.21. The van der Waals surface area contributed by atoms with Gasteiger partial charge in [-0.1, -0.05) is 46.9 Å². The summed E-state index contributed by atoms with van der Waals surface area (Å²) in [5, 5.41) is 2.31. The van der Waals surface area contributed by atoms with E-state index >= 15 is 0 Å². The van der Waals surface area contributed by atoms with Crippen LogP contribution in [-0.4, -0.2) is 21.5 Å². The van der Waals surface area contributed by atoms with Crippen LogP contribution in [0.1, 0.15) is 23.4 Å². The Hall–Kier alpha value is -1.77. The molecule has 0 spiro atoms. The Morgan fingerprint density at radius 2 is 1.93 bits per heavy atom. The van der Waals surface area contributed by atoms with Crippen molar-refractivity contribution in [1.29, 1.82) is 0 Å². The zero-order chi connectivity index (χ0) is 21.4. The molecule has 1 amide bonds.